The van der Waals surface area contributed by atoms with Crippen LogP contribution < -0.4 is 15.4 Å². The van der Waals surface area contributed by atoms with E-state index in [0.29, 0.717) is 24.3 Å². The average molecular weight is 361 g/mol. The zero-order valence-electron chi connectivity index (χ0n) is 16.4. The SMILES string of the molecule is CC(C)CNC(=NCc1ccccc1OCC1CC1)NCC(=O)N(C)C. The predicted octanol–water partition coefficient (Wildman–Crippen LogP) is 2.25. The van der Waals surface area contributed by atoms with Crippen molar-refractivity contribution in [3.8, 4) is 5.75 Å². The smallest absolute Gasteiger partial charge is 0.241 e. The van der Waals surface area contributed by atoms with Gasteiger partial charge in [-0.05, 0) is 30.7 Å². The van der Waals surface area contributed by atoms with Crippen molar-refractivity contribution in [1.29, 1.82) is 0 Å². The second-order valence-corrected chi connectivity index (χ2v) is 7.44. The largest absolute Gasteiger partial charge is 0.493 e. The number of hydrogen-bond acceptors (Lipinski definition) is 3. The number of nitrogens with one attached hydrogen (secondary N) is 2. The first kappa shape index (κ1) is 20.1. The highest BCUT2D eigenvalue weighted by Gasteiger charge is 2.22. The van der Waals surface area contributed by atoms with Gasteiger partial charge in [0.15, 0.2) is 5.96 Å². The van der Waals surface area contributed by atoms with Crippen LogP contribution in [0, 0.1) is 11.8 Å². The topological polar surface area (TPSA) is 66.0 Å². The highest BCUT2D eigenvalue weighted by Crippen LogP contribution is 2.30. The Balaban J connectivity index is 1.99. The number of benzene rings is 1. The first-order chi connectivity index (χ1) is 12.5. The summed E-state index contributed by atoms with van der Waals surface area (Å²) in [7, 11) is 3.49. The first-order valence-electron chi connectivity index (χ1n) is 9.38. The molecular weight excluding hydrogens is 328 g/mol. The maximum absolute atomic E-state index is 11.8. The fourth-order valence-electron chi connectivity index (χ4n) is 2.22. The molecule has 0 atom stereocenters. The minimum absolute atomic E-state index is 0.0113. The lowest BCUT2D eigenvalue weighted by molar-refractivity contribution is -0.127. The van der Waals surface area contributed by atoms with E-state index in [-0.39, 0.29) is 12.5 Å². The number of amides is 1. The van der Waals surface area contributed by atoms with Crippen LogP contribution >= 0.6 is 0 Å². The molecule has 1 aromatic carbocycles. The van der Waals surface area contributed by atoms with Gasteiger partial charge in [-0.1, -0.05) is 32.0 Å². The van der Waals surface area contributed by atoms with Crippen molar-refractivity contribution >= 4 is 11.9 Å². The lowest BCUT2D eigenvalue weighted by Crippen LogP contribution is -2.44. The van der Waals surface area contributed by atoms with Crippen LogP contribution in [0.1, 0.15) is 32.3 Å². The molecule has 1 saturated carbocycles. The van der Waals surface area contributed by atoms with E-state index in [0.717, 1.165) is 24.5 Å². The Hall–Kier alpha value is -2.24. The standard InChI is InChI=1S/C20H32N4O2/c1-15(2)11-21-20(23-13-19(25)24(3)4)22-12-17-7-5-6-8-18(17)26-14-16-9-10-16/h5-8,15-16H,9-14H2,1-4H3,(H2,21,22,23). The van der Waals surface area contributed by atoms with Crippen LogP contribution in [0.2, 0.25) is 0 Å². The van der Waals surface area contributed by atoms with Crippen molar-refractivity contribution < 1.29 is 9.53 Å². The summed E-state index contributed by atoms with van der Waals surface area (Å²) in [5.41, 5.74) is 1.05. The third-order valence-electron chi connectivity index (χ3n) is 4.14. The minimum atomic E-state index is 0.0113. The zero-order chi connectivity index (χ0) is 18.9. The maximum atomic E-state index is 11.8. The van der Waals surface area contributed by atoms with Gasteiger partial charge in [0.25, 0.3) is 0 Å². The molecule has 1 aliphatic carbocycles. The van der Waals surface area contributed by atoms with Crippen molar-refractivity contribution in [2.24, 2.45) is 16.8 Å². The van der Waals surface area contributed by atoms with E-state index in [4.69, 9.17) is 4.74 Å². The summed E-state index contributed by atoms with van der Waals surface area (Å²) in [6.45, 7) is 6.57. The molecule has 26 heavy (non-hydrogen) atoms. The van der Waals surface area contributed by atoms with Gasteiger partial charge in [0.2, 0.25) is 5.91 Å². The Morgan fingerprint density at radius 3 is 2.65 bits per heavy atom. The van der Waals surface area contributed by atoms with Crippen molar-refractivity contribution in [3.63, 3.8) is 0 Å². The second kappa shape index (κ2) is 10.0. The molecule has 0 aliphatic heterocycles. The molecule has 1 fully saturated rings. The molecule has 1 aliphatic rings. The van der Waals surface area contributed by atoms with E-state index in [1.54, 1.807) is 19.0 Å². The number of para-hydroxylation sites is 1. The van der Waals surface area contributed by atoms with Crippen molar-refractivity contribution in [2.75, 3.05) is 33.8 Å². The summed E-state index contributed by atoms with van der Waals surface area (Å²) < 4.78 is 5.95. The zero-order valence-corrected chi connectivity index (χ0v) is 16.4. The molecule has 6 heteroatoms. The van der Waals surface area contributed by atoms with Crippen LogP contribution in [-0.2, 0) is 11.3 Å². The molecule has 1 aromatic rings. The van der Waals surface area contributed by atoms with Crippen molar-refractivity contribution in [2.45, 2.75) is 33.2 Å². The molecule has 6 nitrogen and oxygen atoms in total. The monoisotopic (exact) mass is 360 g/mol. The number of ether oxygens (including phenoxy) is 1. The van der Waals surface area contributed by atoms with Gasteiger partial charge in [0.1, 0.15) is 5.75 Å². The number of likely N-dealkylation sites (N-methyl/N-ethyl adjacent to an activating group) is 1. The van der Waals surface area contributed by atoms with E-state index in [1.165, 1.54) is 12.8 Å². The molecule has 0 saturated heterocycles. The Bertz CT molecular complexity index is 610. The number of carbonyl (C=O) groups excluding carboxylic acids is 1. The van der Waals surface area contributed by atoms with E-state index in [2.05, 4.69) is 29.5 Å². The lowest BCUT2D eigenvalue weighted by Gasteiger charge is -2.16. The fraction of sp³-hybridized carbons (Fsp3) is 0.600. The molecule has 0 bridgehead atoms. The van der Waals surface area contributed by atoms with Crippen LogP contribution in [0.15, 0.2) is 29.3 Å². The third kappa shape index (κ3) is 7.33. The number of guanidine groups is 1. The van der Waals surface area contributed by atoms with Gasteiger partial charge in [-0.15, -0.1) is 0 Å². The van der Waals surface area contributed by atoms with Gasteiger partial charge < -0.3 is 20.3 Å². The molecule has 0 aromatic heterocycles. The highest BCUT2D eigenvalue weighted by atomic mass is 16.5. The van der Waals surface area contributed by atoms with Gasteiger partial charge in [-0.2, -0.15) is 0 Å². The van der Waals surface area contributed by atoms with E-state index < -0.39 is 0 Å². The molecule has 1 amide bonds. The molecule has 144 valence electrons. The minimum Gasteiger partial charge on any atom is -0.493 e. The van der Waals surface area contributed by atoms with Gasteiger partial charge in [-0.3, -0.25) is 4.79 Å². The molecular formula is C20H32N4O2. The first-order valence-corrected chi connectivity index (χ1v) is 9.38. The summed E-state index contributed by atoms with van der Waals surface area (Å²) in [6.07, 6.45) is 2.54. The fourth-order valence-corrected chi connectivity index (χ4v) is 2.22. The summed E-state index contributed by atoms with van der Waals surface area (Å²) in [5, 5.41) is 6.40. The van der Waals surface area contributed by atoms with Crippen LogP contribution in [0.5, 0.6) is 5.75 Å². The summed E-state index contributed by atoms with van der Waals surface area (Å²) >= 11 is 0. The number of aliphatic imine (C=N–C) groups is 1. The van der Waals surface area contributed by atoms with Gasteiger partial charge >= 0.3 is 0 Å². The quantitative estimate of drug-likeness (QED) is 0.524. The molecule has 0 unspecified atom stereocenters. The molecule has 0 radical (unpaired) electrons. The number of nitrogens with zero attached hydrogens (tertiary/aromatic N) is 2. The molecule has 0 spiro atoms. The molecule has 2 N–H and O–H groups in total. The lowest BCUT2D eigenvalue weighted by atomic mass is 10.2. The normalized spacial score (nSPS) is 14.3. The van der Waals surface area contributed by atoms with Gasteiger partial charge in [-0.25, -0.2) is 4.99 Å². The average Bonchev–Trinajstić information content (AvgIpc) is 3.43. The Kier molecular flexibility index (Phi) is 7.75. The Morgan fingerprint density at radius 2 is 2.00 bits per heavy atom. The van der Waals surface area contributed by atoms with Crippen molar-refractivity contribution in [1.82, 2.24) is 15.5 Å². The predicted molar refractivity (Wildman–Crippen MR) is 105 cm³/mol. The highest BCUT2D eigenvalue weighted by molar-refractivity contribution is 5.86. The third-order valence-corrected chi connectivity index (χ3v) is 4.14. The van der Waals surface area contributed by atoms with Gasteiger partial charge in [0.05, 0.1) is 19.7 Å². The van der Waals surface area contributed by atoms with E-state index >= 15 is 0 Å². The Morgan fingerprint density at radius 1 is 1.27 bits per heavy atom. The van der Waals surface area contributed by atoms with Crippen LogP contribution in [0.3, 0.4) is 0 Å². The Labute approximate surface area is 157 Å². The van der Waals surface area contributed by atoms with E-state index in [1.807, 2.05) is 24.3 Å². The molecule has 2 rings (SSSR count). The number of rotatable bonds is 9. The number of hydrogen-bond donors (Lipinski definition) is 2. The summed E-state index contributed by atoms with van der Waals surface area (Å²) in [5.74, 6) is 2.76. The van der Waals surface area contributed by atoms with Crippen LogP contribution in [-0.4, -0.2) is 50.6 Å². The summed E-state index contributed by atoms with van der Waals surface area (Å²) in [4.78, 5) is 18.0. The van der Waals surface area contributed by atoms with Gasteiger partial charge in [0, 0.05) is 26.2 Å². The maximum Gasteiger partial charge on any atom is 0.241 e. The van der Waals surface area contributed by atoms with E-state index in [9.17, 15) is 4.79 Å². The second-order valence-electron chi connectivity index (χ2n) is 7.44. The van der Waals surface area contributed by atoms with Crippen molar-refractivity contribution in [3.05, 3.63) is 29.8 Å². The summed E-state index contributed by atoms with van der Waals surface area (Å²) in [6, 6.07) is 8.02. The van der Waals surface area contributed by atoms with Crippen LogP contribution in [0.4, 0.5) is 0 Å². The molecule has 0 heterocycles. The number of carbonyl (C=O) groups is 1. The van der Waals surface area contributed by atoms with Crippen LogP contribution in [0.25, 0.3) is 0 Å².